The molecule has 1 heterocycles. The van der Waals surface area contributed by atoms with Gasteiger partial charge in [0.15, 0.2) is 0 Å². The summed E-state index contributed by atoms with van der Waals surface area (Å²) >= 11 is 21.7. The molecule has 0 radical (unpaired) electrons. The SMILES string of the molecule is COCc1cc(Cl)c2cc(Br)c(Cl)c(Cl)c2n1. The number of pyridine rings is 1. The first-order valence-electron chi connectivity index (χ1n) is 4.66. The molecule has 1 aromatic carbocycles. The quantitative estimate of drug-likeness (QED) is 0.699. The van der Waals surface area contributed by atoms with Crippen LogP contribution >= 0.6 is 50.7 Å². The zero-order valence-electron chi connectivity index (χ0n) is 8.73. The van der Waals surface area contributed by atoms with Gasteiger partial charge in [0, 0.05) is 17.0 Å². The number of methoxy groups -OCH3 is 1. The van der Waals surface area contributed by atoms with Gasteiger partial charge in [0.2, 0.25) is 0 Å². The van der Waals surface area contributed by atoms with Crippen molar-refractivity contribution in [1.82, 2.24) is 4.98 Å². The summed E-state index contributed by atoms with van der Waals surface area (Å²) in [6.45, 7) is 0.375. The molecule has 0 amide bonds. The summed E-state index contributed by atoms with van der Waals surface area (Å²) in [6, 6.07) is 3.56. The van der Waals surface area contributed by atoms with Gasteiger partial charge >= 0.3 is 0 Å². The summed E-state index contributed by atoms with van der Waals surface area (Å²) < 4.78 is 5.71. The summed E-state index contributed by atoms with van der Waals surface area (Å²) in [5.74, 6) is 0. The van der Waals surface area contributed by atoms with E-state index in [9.17, 15) is 0 Å². The van der Waals surface area contributed by atoms with Crippen molar-refractivity contribution in [2.75, 3.05) is 7.11 Å². The number of hydrogen-bond acceptors (Lipinski definition) is 2. The van der Waals surface area contributed by atoms with Gasteiger partial charge in [-0.05, 0) is 28.1 Å². The molecule has 0 saturated carbocycles. The summed E-state index contributed by atoms with van der Waals surface area (Å²) in [5.41, 5.74) is 1.30. The lowest BCUT2D eigenvalue weighted by Crippen LogP contribution is -1.94. The average Bonchev–Trinajstić information content (AvgIpc) is 2.29. The molecule has 1 aromatic heterocycles. The lowest BCUT2D eigenvalue weighted by atomic mass is 10.2. The maximum absolute atomic E-state index is 6.18. The van der Waals surface area contributed by atoms with Gasteiger partial charge in [-0.25, -0.2) is 4.98 Å². The van der Waals surface area contributed by atoms with Gasteiger partial charge < -0.3 is 4.74 Å². The highest BCUT2D eigenvalue weighted by molar-refractivity contribution is 9.10. The summed E-state index contributed by atoms with van der Waals surface area (Å²) in [6.07, 6.45) is 0. The fourth-order valence-corrected chi connectivity index (χ4v) is 2.70. The maximum Gasteiger partial charge on any atom is 0.0923 e. The predicted molar refractivity (Wildman–Crippen MR) is 75.2 cm³/mol. The normalized spacial score (nSPS) is 11.1. The topological polar surface area (TPSA) is 22.1 Å². The Morgan fingerprint density at radius 3 is 2.59 bits per heavy atom. The summed E-state index contributed by atoms with van der Waals surface area (Å²) in [4.78, 5) is 4.38. The lowest BCUT2D eigenvalue weighted by Gasteiger charge is -2.08. The largest absolute Gasteiger partial charge is 0.378 e. The van der Waals surface area contributed by atoms with Gasteiger partial charge in [0.05, 0.1) is 32.9 Å². The van der Waals surface area contributed by atoms with Crippen molar-refractivity contribution in [1.29, 1.82) is 0 Å². The van der Waals surface area contributed by atoms with E-state index in [-0.39, 0.29) is 0 Å². The van der Waals surface area contributed by atoms with Gasteiger partial charge in [-0.3, -0.25) is 0 Å². The fourth-order valence-electron chi connectivity index (χ4n) is 1.50. The van der Waals surface area contributed by atoms with Crippen LogP contribution in [0.25, 0.3) is 10.9 Å². The Bertz CT molecular complexity index is 589. The first-order chi connectivity index (χ1) is 8.04. The second kappa shape index (κ2) is 5.29. The van der Waals surface area contributed by atoms with Crippen LogP contribution in [0.1, 0.15) is 5.69 Å². The highest BCUT2D eigenvalue weighted by atomic mass is 79.9. The van der Waals surface area contributed by atoms with Crippen molar-refractivity contribution >= 4 is 61.6 Å². The van der Waals surface area contributed by atoms with Crippen LogP contribution in [0.5, 0.6) is 0 Å². The second-order valence-corrected chi connectivity index (χ2v) is 5.43. The van der Waals surface area contributed by atoms with Crippen LogP contribution in [-0.4, -0.2) is 12.1 Å². The van der Waals surface area contributed by atoms with E-state index >= 15 is 0 Å². The third-order valence-corrected chi connectivity index (χ3v) is 4.26. The minimum Gasteiger partial charge on any atom is -0.378 e. The number of fused-ring (bicyclic) bond motifs is 1. The van der Waals surface area contributed by atoms with Crippen molar-refractivity contribution in [2.45, 2.75) is 6.61 Å². The lowest BCUT2D eigenvalue weighted by molar-refractivity contribution is 0.182. The molecule has 90 valence electrons. The Balaban J connectivity index is 2.78. The van der Waals surface area contributed by atoms with E-state index in [2.05, 4.69) is 20.9 Å². The van der Waals surface area contributed by atoms with Crippen LogP contribution in [0.3, 0.4) is 0 Å². The van der Waals surface area contributed by atoms with E-state index in [0.29, 0.717) is 37.4 Å². The minimum atomic E-state index is 0.375. The zero-order chi connectivity index (χ0) is 12.6. The molecule has 17 heavy (non-hydrogen) atoms. The van der Waals surface area contributed by atoms with E-state index in [1.165, 1.54) is 0 Å². The maximum atomic E-state index is 6.18. The Morgan fingerprint density at radius 1 is 1.24 bits per heavy atom. The highest BCUT2D eigenvalue weighted by Crippen LogP contribution is 2.38. The summed E-state index contributed by atoms with van der Waals surface area (Å²) in [5, 5.41) is 2.14. The molecule has 0 bridgehead atoms. The van der Waals surface area contributed by atoms with Crippen LogP contribution in [0.15, 0.2) is 16.6 Å². The van der Waals surface area contributed by atoms with Gasteiger partial charge in [-0.15, -0.1) is 0 Å². The molecule has 6 heteroatoms. The molecule has 0 spiro atoms. The molecular weight excluding hydrogens is 348 g/mol. The Kier molecular flexibility index (Phi) is 4.16. The third-order valence-electron chi connectivity index (χ3n) is 2.23. The van der Waals surface area contributed by atoms with E-state index in [4.69, 9.17) is 39.5 Å². The van der Waals surface area contributed by atoms with E-state index in [1.54, 1.807) is 19.2 Å². The number of rotatable bonds is 2. The molecule has 0 N–H and O–H groups in total. The Morgan fingerprint density at radius 2 is 1.94 bits per heavy atom. The van der Waals surface area contributed by atoms with Gasteiger partial charge in [-0.1, -0.05) is 34.8 Å². The standard InChI is InChI=1S/C11H7BrCl3NO/c1-17-4-5-2-8(13)6-3-7(12)9(14)10(15)11(6)16-5/h2-3H,4H2,1H3. The predicted octanol–water partition coefficient (Wildman–Crippen LogP) is 5.10. The van der Waals surface area contributed by atoms with E-state index in [1.807, 2.05) is 0 Å². The molecule has 0 saturated heterocycles. The Hall–Kier alpha value is -0.0600. The molecule has 0 atom stereocenters. The van der Waals surface area contributed by atoms with Gasteiger partial charge in [0.25, 0.3) is 0 Å². The number of ether oxygens (including phenoxy) is 1. The van der Waals surface area contributed by atoms with Crippen molar-refractivity contribution < 1.29 is 4.74 Å². The third kappa shape index (κ3) is 2.54. The number of aromatic nitrogens is 1. The smallest absolute Gasteiger partial charge is 0.0923 e. The highest BCUT2D eigenvalue weighted by Gasteiger charge is 2.13. The van der Waals surface area contributed by atoms with Crippen LogP contribution in [0.2, 0.25) is 15.1 Å². The van der Waals surface area contributed by atoms with Crippen LogP contribution < -0.4 is 0 Å². The van der Waals surface area contributed by atoms with Crippen molar-refractivity contribution in [2.24, 2.45) is 0 Å². The first-order valence-corrected chi connectivity index (χ1v) is 6.59. The first kappa shape index (κ1) is 13.4. The zero-order valence-corrected chi connectivity index (χ0v) is 12.6. The van der Waals surface area contributed by atoms with Crippen LogP contribution in [-0.2, 0) is 11.3 Å². The number of benzene rings is 1. The van der Waals surface area contributed by atoms with Crippen LogP contribution in [0, 0.1) is 0 Å². The molecule has 0 fully saturated rings. The molecule has 0 aliphatic rings. The van der Waals surface area contributed by atoms with Crippen molar-refractivity contribution in [3.63, 3.8) is 0 Å². The Labute approximate surface area is 122 Å². The number of hydrogen-bond donors (Lipinski definition) is 0. The number of nitrogens with zero attached hydrogens (tertiary/aromatic N) is 1. The van der Waals surface area contributed by atoms with Crippen molar-refractivity contribution in [3.05, 3.63) is 37.4 Å². The molecule has 0 unspecified atom stereocenters. The van der Waals surface area contributed by atoms with Gasteiger partial charge in [-0.2, -0.15) is 0 Å². The molecular formula is C11H7BrCl3NO. The molecule has 2 rings (SSSR count). The van der Waals surface area contributed by atoms with Crippen LogP contribution in [0.4, 0.5) is 0 Å². The average molecular weight is 355 g/mol. The fraction of sp³-hybridized carbons (Fsp3) is 0.182. The minimum absolute atomic E-state index is 0.375. The molecule has 0 aliphatic carbocycles. The summed E-state index contributed by atoms with van der Waals surface area (Å²) in [7, 11) is 1.59. The molecule has 2 aromatic rings. The van der Waals surface area contributed by atoms with Crippen molar-refractivity contribution in [3.8, 4) is 0 Å². The van der Waals surface area contributed by atoms with E-state index in [0.717, 1.165) is 5.39 Å². The van der Waals surface area contributed by atoms with Gasteiger partial charge in [0.1, 0.15) is 0 Å². The number of halogens is 4. The second-order valence-electron chi connectivity index (χ2n) is 3.41. The molecule has 2 nitrogen and oxygen atoms in total. The van der Waals surface area contributed by atoms with E-state index < -0.39 is 0 Å². The molecule has 0 aliphatic heterocycles. The monoisotopic (exact) mass is 353 g/mol.